The van der Waals surface area contributed by atoms with E-state index in [4.69, 9.17) is 0 Å². The molecule has 0 radical (unpaired) electrons. The van der Waals surface area contributed by atoms with Crippen molar-refractivity contribution in [3.05, 3.63) is 18.1 Å². The number of anilines is 1. The quantitative estimate of drug-likeness (QED) is 0.856. The van der Waals surface area contributed by atoms with Gasteiger partial charge in [-0.15, -0.1) is 0 Å². The van der Waals surface area contributed by atoms with Crippen LogP contribution >= 0.6 is 0 Å². The molecule has 1 aromatic rings. The van der Waals surface area contributed by atoms with Crippen molar-refractivity contribution in [2.45, 2.75) is 19.9 Å². The maximum absolute atomic E-state index is 4.40. The second-order valence-corrected chi connectivity index (χ2v) is 5.11. The van der Waals surface area contributed by atoms with Crippen molar-refractivity contribution in [2.75, 3.05) is 45.1 Å². The van der Waals surface area contributed by atoms with E-state index in [-0.39, 0.29) is 0 Å². The van der Waals surface area contributed by atoms with E-state index in [2.05, 4.69) is 39.1 Å². The van der Waals surface area contributed by atoms with Gasteiger partial charge in [0.15, 0.2) is 0 Å². The molecule has 1 unspecified atom stereocenters. The lowest BCUT2D eigenvalue weighted by atomic mass is 10.2. The molecule has 5 heteroatoms. The summed E-state index contributed by atoms with van der Waals surface area (Å²) in [5.74, 6) is 0.871. The van der Waals surface area contributed by atoms with Crippen LogP contribution in [0.4, 0.5) is 5.82 Å². The van der Waals surface area contributed by atoms with Gasteiger partial charge < -0.3 is 10.2 Å². The molecule has 1 aromatic heterocycles. The molecule has 0 saturated carbocycles. The van der Waals surface area contributed by atoms with Gasteiger partial charge in [-0.25, -0.2) is 4.98 Å². The van der Waals surface area contributed by atoms with Crippen molar-refractivity contribution in [3.63, 3.8) is 0 Å². The van der Waals surface area contributed by atoms with Crippen LogP contribution in [0, 0.1) is 6.92 Å². The number of hydrogen-bond acceptors (Lipinski definition) is 5. The molecule has 5 nitrogen and oxygen atoms in total. The first-order valence-corrected chi connectivity index (χ1v) is 6.60. The lowest BCUT2D eigenvalue weighted by Gasteiger charge is -2.36. The molecule has 1 fully saturated rings. The number of nitrogens with zero attached hydrogens (tertiary/aromatic N) is 4. The van der Waals surface area contributed by atoms with E-state index in [0.717, 1.165) is 44.2 Å². The van der Waals surface area contributed by atoms with Crippen molar-refractivity contribution >= 4 is 5.82 Å². The standard InChI is InChI=1S/C13H23N5/c1-11-8-14-10-13(16-11)15-9-12(2)18-6-4-17(3)5-7-18/h8,10,12H,4-7,9H2,1-3H3,(H,15,16). The van der Waals surface area contributed by atoms with Gasteiger partial charge in [0, 0.05) is 45.0 Å². The third-order valence-corrected chi connectivity index (χ3v) is 3.49. The summed E-state index contributed by atoms with van der Waals surface area (Å²) in [6.45, 7) is 9.77. The van der Waals surface area contributed by atoms with Crippen LogP contribution in [0.1, 0.15) is 12.6 Å². The summed E-state index contributed by atoms with van der Waals surface area (Å²) >= 11 is 0. The molecule has 0 bridgehead atoms. The predicted octanol–water partition coefficient (Wildman–Crippen LogP) is 0.833. The highest BCUT2D eigenvalue weighted by Crippen LogP contribution is 2.07. The Hall–Kier alpha value is -1.20. The van der Waals surface area contributed by atoms with Gasteiger partial charge in [0.2, 0.25) is 0 Å². The molecule has 1 aliphatic heterocycles. The summed E-state index contributed by atoms with van der Waals surface area (Å²) in [5, 5.41) is 3.36. The average molecular weight is 249 g/mol. The highest BCUT2D eigenvalue weighted by atomic mass is 15.3. The van der Waals surface area contributed by atoms with Gasteiger partial charge >= 0.3 is 0 Å². The van der Waals surface area contributed by atoms with Gasteiger partial charge in [0.1, 0.15) is 5.82 Å². The lowest BCUT2D eigenvalue weighted by molar-refractivity contribution is 0.123. The minimum atomic E-state index is 0.529. The molecule has 0 amide bonds. The predicted molar refractivity (Wildman–Crippen MR) is 73.8 cm³/mol. The maximum atomic E-state index is 4.40. The number of aryl methyl sites for hydroxylation is 1. The summed E-state index contributed by atoms with van der Waals surface area (Å²) in [7, 11) is 2.18. The van der Waals surface area contributed by atoms with Crippen molar-refractivity contribution in [2.24, 2.45) is 0 Å². The van der Waals surface area contributed by atoms with Crippen molar-refractivity contribution in [3.8, 4) is 0 Å². The summed E-state index contributed by atoms with van der Waals surface area (Å²) in [6.07, 6.45) is 3.55. The summed E-state index contributed by atoms with van der Waals surface area (Å²) in [6, 6.07) is 0.529. The van der Waals surface area contributed by atoms with E-state index in [1.807, 2.05) is 6.92 Å². The molecule has 1 saturated heterocycles. The number of nitrogens with one attached hydrogen (secondary N) is 1. The molecule has 0 aliphatic carbocycles. The number of aromatic nitrogens is 2. The van der Waals surface area contributed by atoms with Gasteiger partial charge in [0.25, 0.3) is 0 Å². The molecule has 2 rings (SSSR count). The summed E-state index contributed by atoms with van der Waals surface area (Å²) in [4.78, 5) is 13.4. The molecule has 100 valence electrons. The van der Waals surface area contributed by atoms with Gasteiger partial charge in [-0.1, -0.05) is 0 Å². The molecular weight excluding hydrogens is 226 g/mol. The van der Waals surface area contributed by atoms with E-state index < -0.39 is 0 Å². The highest BCUT2D eigenvalue weighted by molar-refractivity contribution is 5.31. The van der Waals surface area contributed by atoms with Crippen LogP contribution in [0.2, 0.25) is 0 Å². The molecule has 1 aliphatic rings. The Kier molecular flexibility index (Phi) is 4.49. The zero-order valence-electron chi connectivity index (χ0n) is 11.6. The minimum absolute atomic E-state index is 0.529. The monoisotopic (exact) mass is 249 g/mol. The first-order valence-electron chi connectivity index (χ1n) is 6.60. The number of rotatable bonds is 4. The topological polar surface area (TPSA) is 44.3 Å². The molecule has 1 N–H and O–H groups in total. The molecule has 1 atom stereocenters. The Morgan fingerprint density at radius 3 is 2.67 bits per heavy atom. The van der Waals surface area contributed by atoms with E-state index in [9.17, 15) is 0 Å². The number of piperazine rings is 1. The molecule has 18 heavy (non-hydrogen) atoms. The Bertz CT molecular complexity index is 373. The van der Waals surface area contributed by atoms with Crippen LogP contribution < -0.4 is 5.32 Å². The first kappa shape index (κ1) is 13.2. The Morgan fingerprint density at radius 1 is 1.28 bits per heavy atom. The van der Waals surface area contributed by atoms with Crippen LogP contribution in [0.3, 0.4) is 0 Å². The SMILES string of the molecule is Cc1cncc(NCC(C)N2CCN(C)CC2)n1. The average Bonchev–Trinajstić information content (AvgIpc) is 2.37. The minimum Gasteiger partial charge on any atom is -0.367 e. The van der Waals surface area contributed by atoms with Crippen molar-refractivity contribution in [1.82, 2.24) is 19.8 Å². The van der Waals surface area contributed by atoms with Crippen LogP contribution in [-0.2, 0) is 0 Å². The Morgan fingerprint density at radius 2 is 2.00 bits per heavy atom. The molecule has 0 aromatic carbocycles. The fourth-order valence-electron chi connectivity index (χ4n) is 2.19. The van der Waals surface area contributed by atoms with Crippen LogP contribution in [0.15, 0.2) is 12.4 Å². The van der Waals surface area contributed by atoms with Crippen LogP contribution in [0.5, 0.6) is 0 Å². The largest absolute Gasteiger partial charge is 0.367 e. The smallest absolute Gasteiger partial charge is 0.144 e. The van der Waals surface area contributed by atoms with Crippen LogP contribution in [0.25, 0.3) is 0 Å². The van der Waals surface area contributed by atoms with E-state index >= 15 is 0 Å². The van der Waals surface area contributed by atoms with Crippen molar-refractivity contribution < 1.29 is 0 Å². The fourth-order valence-corrected chi connectivity index (χ4v) is 2.19. The van der Waals surface area contributed by atoms with Gasteiger partial charge in [-0.2, -0.15) is 0 Å². The van der Waals surface area contributed by atoms with Gasteiger partial charge in [-0.3, -0.25) is 9.88 Å². The van der Waals surface area contributed by atoms with Gasteiger partial charge in [0.05, 0.1) is 11.9 Å². The number of likely N-dealkylation sites (N-methyl/N-ethyl adjacent to an activating group) is 1. The van der Waals surface area contributed by atoms with E-state index in [1.54, 1.807) is 12.4 Å². The first-order chi connectivity index (χ1) is 8.65. The summed E-state index contributed by atoms with van der Waals surface area (Å²) in [5.41, 5.74) is 0.951. The zero-order chi connectivity index (χ0) is 13.0. The maximum Gasteiger partial charge on any atom is 0.144 e. The summed E-state index contributed by atoms with van der Waals surface area (Å²) < 4.78 is 0. The Labute approximate surface area is 109 Å². The second-order valence-electron chi connectivity index (χ2n) is 5.11. The third-order valence-electron chi connectivity index (χ3n) is 3.49. The number of hydrogen-bond donors (Lipinski definition) is 1. The molecule has 0 spiro atoms. The van der Waals surface area contributed by atoms with Crippen molar-refractivity contribution in [1.29, 1.82) is 0 Å². The van der Waals surface area contributed by atoms with Gasteiger partial charge in [-0.05, 0) is 20.9 Å². The molecule has 2 heterocycles. The zero-order valence-corrected chi connectivity index (χ0v) is 11.6. The second kappa shape index (κ2) is 6.11. The third kappa shape index (κ3) is 3.65. The van der Waals surface area contributed by atoms with E-state index in [0.29, 0.717) is 6.04 Å². The highest BCUT2D eigenvalue weighted by Gasteiger charge is 2.18. The molecular formula is C13H23N5. The Balaban J connectivity index is 1.79. The fraction of sp³-hybridized carbons (Fsp3) is 0.692. The lowest BCUT2D eigenvalue weighted by Crippen LogP contribution is -2.49. The van der Waals surface area contributed by atoms with Crippen LogP contribution in [-0.4, -0.2) is 65.6 Å². The van der Waals surface area contributed by atoms with E-state index in [1.165, 1.54) is 0 Å². The normalized spacial score (nSPS) is 19.7.